The van der Waals surface area contributed by atoms with Gasteiger partial charge in [0.1, 0.15) is 0 Å². The Bertz CT molecular complexity index is 3920. The van der Waals surface area contributed by atoms with Gasteiger partial charge in [-0.15, -0.1) is 0 Å². The van der Waals surface area contributed by atoms with Gasteiger partial charge in [-0.2, -0.15) is 0 Å². The van der Waals surface area contributed by atoms with E-state index in [2.05, 4.69) is 264 Å². The third-order valence-electron chi connectivity index (χ3n) is 14.1. The van der Waals surface area contributed by atoms with Crippen LogP contribution in [0.1, 0.15) is 18.4 Å². The Morgan fingerprint density at radius 1 is 0.309 bits per heavy atom. The summed E-state index contributed by atoms with van der Waals surface area (Å²) in [6.45, 7) is 0. The summed E-state index contributed by atoms with van der Waals surface area (Å²) in [5.41, 5.74) is 17.2. The zero-order valence-electron chi connectivity index (χ0n) is 37.6. The Morgan fingerprint density at radius 3 is 1.56 bits per heavy atom. The molecule has 11 aromatic carbocycles. The van der Waals surface area contributed by atoms with Crippen molar-refractivity contribution in [3.8, 4) is 39.1 Å². The van der Waals surface area contributed by atoms with Crippen molar-refractivity contribution < 1.29 is 0 Å². The highest BCUT2D eigenvalue weighted by atomic mass is 15.1. The molecular formula is C66H46N2. The van der Waals surface area contributed by atoms with Crippen LogP contribution in [-0.2, 0) is 0 Å². The van der Waals surface area contributed by atoms with Crippen LogP contribution in [0.2, 0.25) is 0 Å². The Morgan fingerprint density at radius 2 is 0.838 bits per heavy atom. The van der Waals surface area contributed by atoms with E-state index in [1.165, 1.54) is 110 Å². The lowest BCUT2D eigenvalue weighted by Gasteiger charge is -2.30. The van der Waals surface area contributed by atoms with Crippen LogP contribution in [0.5, 0.6) is 0 Å². The Labute approximate surface area is 396 Å². The first-order valence-corrected chi connectivity index (χ1v) is 23.7. The number of fused-ring (bicyclic) bond motifs is 7. The molecule has 320 valence electrons. The van der Waals surface area contributed by atoms with Gasteiger partial charge in [0.05, 0.1) is 11.0 Å². The third-order valence-corrected chi connectivity index (χ3v) is 14.1. The van der Waals surface area contributed by atoms with Crippen LogP contribution in [0, 0.1) is 0 Å². The standard InChI is InChI=1S/C66H46N2/c1-2-15-53(16-3-1)68-65-23-9-8-19-63(65)64-44-52(35-43-66(64)68)47-30-38-55(39-31-47)67(56-40-32-51(33-41-56)60-21-11-22-61-59-18-7-5-13-49(59)34-42-62(60)61)54-36-28-46(29-37-54)45-24-26-50(27-25-45)58-20-10-14-48-12-4-6-17-57(48)58/h1-30,32-38,40-44H,31,39H2. The molecule has 1 heterocycles. The van der Waals surface area contributed by atoms with E-state index in [0.29, 0.717) is 0 Å². The van der Waals surface area contributed by atoms with Gasteiger partial charge in [-0.3, -0.25) is 0 Å². The summed E-state index contributed by atoms with van der Waals surface area (Å²) in [6, 6.07) is 88.9. The highest BCUT2D eigenvalue weighted by molar-refractivity contribution is 6.12. The Hall–Kier alpha value is -8.72. The maximum Gasteiger partial charge on any atom is 0.0541 e. The average Bonchev–Trinajstić information content (AvgIpc) is 3.75. The Kier molecular flexibility index (Phi) is 9.68. The summed E-state index contributed by atoms with van der Waals surface area (Å²) in [5.74, 6) is 0. The number of hydrogen-bond acceptors (Lipinski definition) is 1. The second-order valence-corrected chi connectivity index (χ2v) is 18.0. The van der Waals surface area contributed by atoms with Crippen molar-refractivity contribution in [2.75, 3.05) is 4.90 Å². The lowest BCUT2D eigenvalue weighted by atomic mass is 9.93. The van der Waals surface area contributed by atoms with Crippen molar-refractivity contribution in [3.05, 3.63) is 266 Å². The molecule has 0 amide bonds. The van der Waals surface area contributed by atoms with Gasteiger partial charge in [-0.05, 0) is 150 Å². The van der Waals surface area contributed by atoms with Gasteiger partial charge >= 0.3 is 0 Å². The topological polar surface area (TPSA) is 8.17 Å². The number of rotatable bonds is 8. The summed E-state index contributed by atoms with van der Waals surface area (Å²) >= 11 is 0. The molecule has 1 aromatic heterocycles. The zero-order valence-corrected chi connectivity index (χ0v) is 37.6. The van der Waals surface area contributed by atoms with E-state index in [1.54, 1.807) is 0 Å². The molecule has 13 rings (SSSR count). The monoisotopic (exact) mass is 866 g/mol. The average molecular weight is 867 g/mol. The maximum atomic E-state index is 2.46. The molecule has 2 nitrogen and oxygen atoms in total. The van der Waals surface area contributed by atoms with Crippen LogP contribution in [0.15, 0.2) is 261 Å². The molecule has 68 heavy (non-hydrogen) atoms. The normalized spacial score (nSPS) is 12.8. The van der Waals surface area contributed by atoms with Crippen LogP contribution in [-0.4, -0.2) is 4.57 Å². The molecule has 0 N–H and O–H groups in total. The number of benzene rings is 11. The minimum Gasteiger partial charge on any atom is -0.314 e. The summed E-state index contributed by atoms with van der Waals surface area (Å²) in [4.78, 5) is 2.46. The predicted molar refractivity (Wildman–Crippen MR) is 290 cm³/mol. The molecule has 1 aliphatic rings. The molecule has 0 bridgehead atoms. The second-order valence-electron chi connectivity index (χ2n) is 18.0. The molecule has 12 aromatic rings. The molecular weight excluding hydrogens is 821 g/mol. The lowest BCUT2D eigenvalue weighted by molar-refractivity contribution is 0.930. The van der Waals surface area contributed by atoms with E-state index in [-0.39, 0.29) is 0 Å². The van der Waals surface area contributed by atoms with Crippen LogP contribution in [0.3, 0.4) is 0 Å². The molecule has 0 unspecified atom stereocenters. The van der Waals surface area contributed by atoms with Gasteiger partial charge in [-0.25, -0.2) is 0 Å². The van der Waals surface area contributed by atoms with Crippen molar-refractivity contribution in [3.63, 3.8) is 0 Å². The lowest BCUT2D eigenvalue weighted by Crippen LogP contribution is -2.17. The number of anilines is 2. The number of allylic oxidation sites excluding steroid dienone is 4. The van der Waals surface area contributed by atoms with E-state index < -0.39 is 0 Å². The first-order valence-electron chi connectivity index (χ1n) is 23.7. The van der Waals surface area contributed by atoms with Crippen LogP contribution >= 0.6 is 0 Å². The van der Waals surface area contributed by atoms with Crippen LogP contribution in [0.4, 0.5) is 11.4 Å². The first kappa shape index (κ1) is 39.6. The van der Waals surface area contributed by atoms with E-state index in [1.807, 2.05) is 0 Å². The zero-order chi connectivity index (χ0) is 45.0. The van der Waals surface area contributed by atoms with Gasteiger partial charge in [0, 0.05) is 33.5 Å². The molecule has 0 spiro atoms. The quantitative estimate of drug-likeness (QED) is 0.138. The van der Waals surface area contributed by atoms with Gasteiger partial charge in [0.25, 0.3) is 0 Å². The van der Waals surface area contributed by atoms with Gasteiger partial charge in [0.15, 0.2) is 0 Å². The van der Waals surface area contributed by atoms with Gasteiger partial charge in [0.2, 0.25) is 0 Å². The summed E-state index contributed by atoms with van der Waals surface area (Å²) < 4.78 is 2.39. The third kappa shape index (κ3) is 6.89. The van der Waals surface area contributed by atoms with Gasteiger partial charge in [-0.1, -0.05) is 194 Å². The van der Waals surface area contributed by atoms with E-state index in [0.717, 1.165) is 24.2 Å². The largest absolute Gasteiger partial charge is 0.314 e. The number of nitrogens with zero attached hydrogens (tertiary/aromatic N) is 2. The minimum atomic E-state index is 0.908. The van der Waals surface area contributed by atoms with Crippen LogP contribution in [0.25, 0.3) is 98.8 Å². The molecule has 0 saturated heterocycles. The van der Waals surface area contributed by atoms with Crippen molar-refractivity contribution >= 4 is 71.1 Å². The smallest absolute Gasteiger partial charge is 0.0541 e. The number of aromatic nitrogens is 1. The molecule has 1 aliphatic carbocycles. The first-order chi connectivity index (χ1) is 33.7. The highest BCUT2D eigenvalue weighted by Gasteiger charge is 2.20. The summed E-state index contributed by atoms with van der Waals surface area (Å²) in [6.07, 6.45) is 6.55. The second kappa shape index (κ2) is 16.6. The molecule has 0 saturated carbocycles. The highest BCUT2D eigenvalue weighted by Crippen LogP contribution is 2.41. The molecule has 0 radical (unpaired) electrons. The van der Waals surface area contributed by atoms with E-state index in [4.69, 9.17) is 0 Å². The summed E-state index contributed by atoms with van der Waals surface area (Å²) in [7, 11) is 0. The summed E-state index contributed by atoms with van der Waals surface area (Å²) in [5, 5.41) is 10.2. The molecule has 2 heteroatoms. The fourth-order valence-corrected chi connectivity index (χ4v) is 10.8. The van der Waals surface area contributed by atoms with Crippen molar-refractivity contribution in [1.82, 2.24) is 4.57 Å². The minimum absolute atomic E-state index is 0.908. The Balaban J connectivity index is 0.863. The molecule has 0 atom stereocenters. The number of para-hydroxylation sites is 2. The predicted octanol–water partition coefficient (Wildman–Crippen LogP) is 18.1. The fourth-order valence-electron chi connectivity index (χ4n) is 10.8. The van der Waals surface area contributed by atoms with Crippen molar-refractivity contribution in [2.24, 2.45) is 0 Å². The van der Waals surface area contributed by atoms with Crippen molar-refractivity contribution in [1.29, 1.82) is 0 Å². The molecule has 0 aliphatic heterocycles. The van der Waals surface area contributed by atoms with Gasteiger partial charge < -0.3 is 9.47 Å². The van der Waals surface area contributed by atoms with E-state index in [9.17, 15) is 0 Å². The maximum absolute atomic E-state index is 2.46. The molecule has 0 fully saturated rings. The van der Waals surface area contributed by atoms with E-state index >= 15 is 0 Å². The number of hydrogen-bond donors (Lipinski definition) is 0. The fraction of sp³-hybridized carbons (Fsp3) is 0.0303. The van der Waals surface area contributed by atoms with Crippen molar-refractivity contribution in [2.45, 2.75) is 12.8 Å². The van der Waals surface area contributed by atoms with Crippen LogP contribution < -0.4 is 4.90 Å². The SMILES string of the molecule is C1=C(c2ccc3c(c2)c2ccccc2n3-c2ccccc2)CCC(N(c2ccc(-c3ccc(-c4cccc5ccccc45)cc3)cc2)c2ccc(-c3cccc4c3ccc3ccccc34)cc2)=C1.